The van der Waals surface area contributed by atoms with Gasteiger partial charge < -0.3 is 25.4 Å². The number of hydrogen-bond acceptors (Lipinski definition) is 4. The standard InChI is InChI=1S/C14H27N3O4/c1-14(12(18)19)6-4-5-11(14)16-13(20)15-7-8-17(2)9-10-21-3/h11H,4-10H2,1-3H3,(H,18,19)(H2,15,16,20). The Kier molecular flexibility index (Phi) is 6.91. The molecule has 0 saturated heterocycles. The Labute approximate surface area is 126 Å². The summed E-state index contributed by atoms with van der Waals surface area (Å²) in [6.45, 7) is 4.40. The van der Waals surface area contributed by atoms with E-state index in [4.69, 9.17) is 4.74 Å². The van der Waals surface area contributed by atoms with E-state index in [-0.39, 0.29) is 12.1 Å². The van der Waals surface area contributed by atoms with E-state index in [1.165, 1.54) is 0 Å². The average Bonchev–Trinajstić information content (AvgIpc) is 2.79. The normalized spacial score (nSPS) is 25.0. The molecular weight excluding hydrogens is 274 g/mol. The van der Waals surface area contributed by atoms with E-state index in [9.17, 15) is 14.7 Å². The predicted octanol–water partition coefficient (Wildman–Crippen LogP) is 0.507. The number of rotatable bonds is 8. The van der Waals surface area contributed by atoms with Crippen LogP contribution in [0.25, 0.3) is 0 Å². The second kappa shape index (κ2) is 8.19. The molecule has 0 aromatic rings. The van der Waals surface area contributed by atoms with Crippen molar-refractivity contribution < 1.29 is 19.4 Å². The molecule has 2 atom stereocenters. The molecule has 1 fully saturated rings. The Balaban J connectivity index is 2.29. The zero-order chi connectivity index (χ0) is 15.9. The fourth-order valence-electron chi connectivity index (χ4n) is 2.58. The minimum Gasteiger partial charge on any atom is -0.481 e. The molecule has 1 aliphatic rings. The van der Waals surface area contributed by atoms with Crippen molar-refractivity contribution in [2.45, 2.75) is 32.2 Å². The van der Waals surface area contributed by atoms with Crippen molar-refractivity contribution >= 4 is 12.0 Å². The molecule has 3 N–H and O–H groups in total. The van der Waals surface area contributed by atoms with Gasteiger partial charge in [-0.05, 0) is 26.8 Å². The monoisotopic (exact) mass is 301 g/mol. The van der Waals surface area contributed by atoms with Gasteiger partial charge in [0.1, 0.15) is 0 Å². The molecule has 0 aromatic carbocycles. The van der Waals surface area contributed by atoms with Crippen molar-refractivity contribution in [3.63, 3.8) is 0 Å². The van der Waals surface area contributed by atoms with E-state index < -0.39 is 11.4 Å². The van der Waals surface area contributed by atoms with Gasteiger partial charge in [-0.2, -0.15) is 0 Å². The van der Waals surface area contributed by atoms with Crippen LogP contribution in [-0.4, -0.2) is 68.4 Å². The van der Waals surface area contributed by atoms with Gasteiger partial charge in [0.15, 0.2) is 0 Å². The molecular formula is C14H27N3O4. The fraction of sp³-hybridized carbons (Fsp3) is 0.857. The Morgan fingerprint density at radius 2 is 2.14 bits per heavy atom. The predicted molar refractivity (Wildman–Crippen MR) is 79.3 cm³/mol. The van der Waals surface area contributed by atoms with Crippen molar-refractivity contribution in [3.05, 3.63) is 0 Å². The summed E-state index contributed by atoms with van der Waals surface area (Å²) >= 11 is 0. The molecule has 1 aliphatic carbocycles. The van der Waals surface area contributed by atoms with E-state index in [1.54, 1.807) is 14.0 Å². The van der Waals surface area contributed by atoms with E-state index in [1.807, 2.05) is 7.05 Å². The van der Waals surface area contributed by atoms with Crippen LogP contribution in [-0.2, 0) is 9.53 Å². The van der Waals surface area contributed by atoms with Gasteiger partial charge in [0.25, 0.3) is 0 Å². The number of carboxylic acid groups (broad SMARTS) is 1. The van der Waals surface area contributed by atoms with Crippen LogP contribution in [0.15, 0.2) is 0 Å². The Morgan fingerprint density at radius 3 is 2.76 bits per heavy atom. The molecule has 122 valence electrons. The largest absolute Gasteiger partial charge is 0.481 e. The third-order valence-electron chi connectivity index (χ3n) is 4.21. The summed E-state index contributed by atoms with van der Waals surface area (Å²) in [5.74, 6) is -0.843. The fourth-order valence-corrected chi connectivity index (χ4v) is 2.58. The lowest BCUT2D eigenvalue weighted by Gasteiger charge is -2.27. The van der Waals surface area contributed by atoms with E-state index in [0.29, 0.717) is 26.0 Å². The van der Waals surface area contributed by atoms with Gasteiger partial charge >= 0.3 is 12.0 Å². The number of nitrogens with one attached hydrogen (secondary N) is 2. The SMILES string of the molecule is COCCN(C)CCNC(=O)NC1CCCC1(C)C(=O)O. The van der Waals surface area contributed by atoms with Crippen LogP contribution >= 0.6 is 0 Å². The van der Waals surface area contributed by atoms with Gasteiger partial charge in [-0.1, -0.05) is 6.42 Å². The zero-order valence-corrected chi connectivity index (χ0v) is 13.1. The number of carbonyl (C=O) groups excluding carboxylic acids is 1. The number of nitrogens with zero attached hydrogens (tertiary/aromatic N) is 1. The minimum absolute atomic E-state index is 0.297. The molecule has 0 bridgehead atoms. The molecule has 7 nitrogen and oxygen atoms in total. The van der Waals surface area contributed by atoms with Gasteiger partial charge in [0, 0.05) is 32.8 Å². The molecule has 7 heteroatoms. The third-order valence-corrected chi connectivity index (χ3v) is 4.21. The van der Waals surface area contributed by atoms with Gasteiger partial charge in [-0.25, -0.2) is 4.79 Å². The van der Waals surface area contributed by atoms with Crippen molar-refractivity contribution in [3.8, 4) is 0 Å². The van der Waals surface area contributed by atoms with Crippen LogP contribution in [0.1, 0.15) is 26.2 Å². The molecule has 21 heavy (non-hydrogen) atoms. The Morgan fingerprint density at radius 1 is 1.43 bits per heavy atom. The third kappa shape index (κ3) is 5.17. The molecule has 1 saturated carbocycles. The summed E-state index contributed by atoms with van der Waals surface area (Å²) in [5.41, 5.74) is -0.855. The molecule has 0 heterocycles. The first-order valence-corrected chi connectivity index (χ1v) is 7.35. The quantitative estimate of drug-likeness (QED) is 0.607. The maximum atomic E-state index is 11.8. The van der Waals surface area contributed by atoms with E-state index in [0.717, 1.165) is 19.5 Å². The number of amides is 2. The van der Waals surface area contributed by atoms with Crippen LogP contribution in [0, 0.1) is 5.41 Å². The summed E-state index contributed by atoms with van der Waals surface area (Å²) in [6.07, 6.45) is 2.14. The Hall–Kier alpha value is -1.34. The number of ether oxygens (including phenoxy) is 1. The lowest BCUT2D eigenvalue weighted by atomic mass is 9.85. The summed E-state index contributed by atoms with van der Waals surface area (Å²) in [6, 6.07) is -0.601. The highest BCUT2D eigenvalue weighted by Gasteiger charge is 2.45. The Bertz CT molecular complexity index is 364. The maximum absolute atomic E-state index is 11.8. The molecule has 0 aliphatic heterocycles. The number of carboxylic acids is 1. The van der Waals surface area contributed by atoms with Crippen molar-refractivity contribution in [2.75, 3.05) is 40.4 Å². The van der Waals surface area contributed by atoms with E-state index in [2.05, 4.69) is 15.5 Å². The highest BCUT2D eigenvalue weighted by Crippen LogP contribution is 2.38. The highest BCUT2D eigenvalue weighted by atomic mass is 16.5. The topological polar surface area (TPSA) is 90.9 Å². The minimum atomic E-state index is -0.855. The molecule has 2 amide bonds. The first kappa shape index (κ1) is 17.7. The summed E-state index contributed by atoms with van der Waals surface area (Å²) in [7, 11) is 3.61. The summed E-state index contributed by atoms with van der Waals surface area (Å²) < 4.78 is 4.98. The zero-order valence-electron chi connectivity index (χ0n) is 13.1. The lowest BCUT2D eigenvalue weighted by Crippen LogP contribution is -2.51. The van der Waals surface area contributed by atoms with E-state index >= 15 is 0 Å². The number of hydrogen-bond donors (Lipinski definition) is 3. The maximum Gasteiger partial charge on any atom is 0.315 e. The molecule has 2 unspecified atom stereocenters. The first-order valence-electron chi connectivity index (χ1n) is 7.35. The van der Waals surface area contributed by atoms with Gasteiger partial charge in [0.05, 0.1) is 12.0 Å². The van der Waals surface area contributed by atoms with Gasteiger partial charge in [0.2, 0.25) is 0 Å². The van der Waals surface area contributed by atoms with Gasteiger partial charge in [-0.3, -0.25) is 4.79 Å². The van der Waals surface area contributed by atoms with Crippen LogP contribution < -0.4 is 10.6 Å². The van der Waals surface area contributed by atoms with Crippen LogP contribution in [0.2, 0.25) is 0 Å². The number of aliphatic carboxylic acids is 1. The highest BCUT2D eigenvalue weighted by molar-refractivity contribution is 5.79. The molecule has 0 aromatic heterocycles. The van der Waals surface area contributed by atoms with Crippen molar-refractivity contribution in [1.82, 2.24) is 15.5 Å². The van der Waals surface area contributed by atoms with Crippen molar-refractivity contribution in [1.29, 1.82) is 0 Å². The smallest absolute Gasteiger partial charge is 0.315 e. The van der Waals surface area contributed by atoms with Crippen LogP contribution in [0.3, 0.4) is 0 Å². The summed E-state index contributed by atoms with van der Waals surface area (Å²) in [4.78, 5) is 25.2. The molecule has 1 rings (SSSR count). The number of urea groups is 1. The van der Waals surface area contributed by atoms with Gasteiger partial charge in [-0.15, -0.1) is 0 Å². The summed E-state index contributed by atoms with van der Waals surface area (Å²) in [5, 5.41) is 14.9. The number of methoxy groups -OCH3 is 1. The second-order valence-electron chi connectivity index (χ2n) is 5.86. The molecule has 0 spiro atoms. The average molecular weight is 301 g/mol. The van der Waals surface area contributed by atoms with Crippen LogP contribution in [0.4, 0.5) is 4.79 Å². The first-order chi connectivity index (χ1) is 9.90. The second-order valence-corrected chi connectivity index (χ2v) is 5.86. The van der Waals surface area contributed by atoms with Crippen molar-refractivity contribution in [2.24, 2.45) is 5.41 Å². The van der Waals surface area contributed by atoms with Crippen LogP contribution in [0.5, 0.6) is 0 Å². The lowest BCUT2D eigenvalue weighted by molar-refractivity contribution is -0.148. The molecule has 0 radical (unpaired) electrons. The number of likely N-dealkylation sites (N-methyl/N-ethyl adjacent to an activating group) is 1. The number of carbonyl (C=O) groups is 2.